The van der Waals surface area contributed by atoms with Gasteiger partial charge in [0.05, 0.1) is 17.4 Å². The molecule has 6 nitrogen and oxygen atoms in total. The molecule has 3 aromatic rings. The maximum atomic E-state index is 12.4. The molecule has 1 atom stereocenters. The lowest BCUT2D eigenvalue weighted by molar-refractivity contribution is -0.130. The van der Waals surface area contributed by atoms with E-state index in [9.17, 15) is 9.59 Å². The molecular formula is C20H17N3O3. The Morgan fingerprint density at radius 1 is 1.15 bits per heavy atom. The van der Waals surface area contributed by atoms with Crippen LogP contribution >= 0.6 is 0 Å². The minimum absolute atomic E-state index is 0.305. The summed E-state index contributed by atoms with van der Waals surface area (Å²) >= 11 is 0. The van der Waals surface area contributed by atoms with Crippen molar-refractivity contribution in [2.75, 3.05) is 0 Å². The van der Waals surface area contributed by atoms with Crippen LogP contribution in [-0.2, 0) is 22.5 Å². The molecule has 1 aliphatic rings. The maximum absolute atomic E-state index is 12.4. The number of hydrogen-bond acceptors (Lipinski definition) is 4. The van der Waals surface area contributed by atoms with Crippen LogP contribution in [0.2, 0.25) is 0 Å². The number of esters is 1. The molecule has 2 heterocycles. The second-order valence-corrected chi connectivity index (χ2v) is 6.10. The van der Waals surface area contributed by atoms with Crippen molar-refractivity contribution in [3.05, 3.63) is 83.7 Å². The summed E-state index contributed by atoms with van der Waals surface area (Å²) in [7, 11) is 0. The van der Waals surface area contributed by atoms with Crippen LogP contribution in [0.3, 0.4) is 0 Å². The molecule has 0 saturated carbocycles. The molecule has 0 radical (unpaired) electrons. The Balaban J connectivity index is 1.39. The van der Waals surface area contributed by atoms with Gasteiger partial charge in [-0.2, -0.15) is 5.10 Å². The van der Waals surface area contributed by atoms with Crippen LogP contribution in [0.1, 0.15) is 21.5 Å². The predicted octanol–water partition coefficient (Wildman–Crippen LogP) is 2.27. The van der Waals surface area contributed by atoms with Gasteiger partial charge in [0.1, 0.15) is 0 Å². The Hall–Kier alpha value is -3.41. The number of ether oxygens (including phenoxy) is 1. The zero-order valence-electron chi connectivity index (χ0n) is 14.0. The molecule has 1 N–H and O–H groups in total. The number of carbonyl (C=O) groups excluding carboxylic acids is 2. The van der Waals surface area contributed by atoms with E-state index >= 15 is 0 Å². The zero-order valence-corrected chi connectivity index (χ0v) is 14.0. The van der Waals surface area contributed by atoms with Crippen LogP contribution in [0.15, 0.2) is 67.0 Å². The van der Waals surface area contributed by atoms with Crippen LogP contribution < -0.4 is 5.32 Å². The molecule has 130 valence electrons. The number of carbonyl (C=O) groups is 2. The summed E-state index contributed by atoms with van der Waals surface area (Å²) in [6, 6.07) is 16.9. The summed E-state index contributed by atoms with van der Waals surface area (Å²) in [5, 5.41) is 7.11. The van der Waals surface area contributed by atoms with E-state index in [1.165, 1.54) is 0 Å². The van der Waals surface area contributed by atoms with E-state index in [2.05, 4.69) is 10.4 Å². The molecule has 0 aliphatic carbocycles. The smallest absolute Gasteiger partial charge is 0.339 e. The van der Waals surface area contributed by atoms with Gasteiger partial charge in [0.25, 0.3) is 5.91 Å². The molecule has 0 saturated heterocycles. The molecule has 0 fully saturated rings. The first-order chi connectivity index (χ1) is 12.7. The zero-order chi connectivity index (χ0) is 17.9. The Morgan fingerprint density at radius 2 is 1.92 bits per heavy atom. The molecule has 4 rings (SSSR count). The van der Waals surface area contributed by atoms with Gasteiger partial charge >= 0.3 is 5.97 Å². The third-order valence-electron chi connectivity index (χ3n) is 4.31. The number of rotatable bonds is 4. The van der Waals surface area contributed by atoms with Gasteiger partial charge in [-0.3, -0.25) is 4.79 Å². The van der Waals surface area contributed by atoms with Crippen LogP contribution in [0.5, 0.6) is 0 Å². The maximum Gasteiger partial charge on any atom is 0.339 e. The minimum Gasteiger partial charge on any atom is -0.448 e. The Morgan fingerprint density at radius 3 is 2.77 bits per heavy atom. The number of hydrogen-bond donors (Lipinski definition) is 1. The number of nitrogens with zero attached hydrogens (tertiary/aromatic N) is 2. The Labute approximate surface area is 150 Å². The highest BCUT2D eigenvalue weighted by molar-refractivity contribution is 5.95. The molecule has 1 aromatic heterocycles. The van der Waals surface area contributed by atoms with Gasteiger partial charge in [-0.25, -0.2) is 9.48 Å². The van der Waals surface area contributed by atoms with E-state index < -0.39 is 12.1 Å². The van der Waals surface area contributed by atoms with Crippen molar-refractivity contribution in [3.8, 4) is 5.69 Å². The summed E-state index contributed by atoms with van der Waals surface area (Å²) in [6.45, 7) is 0.321. The van der Waals surface area contributed by atoms with Crippen molar-refractivity contribution >= 4 is 11.9 Å². The summed E-state index contributed by atoms with van der Waals surface area (Å²) in [6.07, 6.45) is 3.14. The Kier molecular flexibility index (Phi) is 4.23. The van der Waals surface area contributed by atoms with Gasteiger partial charge in [0.15, 0.2) is 6.10 Å². The first-order valence-corrected chi connectivity index (χ1v) is 8.36. The number of nitrogens with one attached hydrogen (secondary N) is 1. The Bertz CT molecular complexity index is 950. The summed E-state index contributed by atoms with van der Waals surface area (Å²) in [5.41, 5.74) is 3.18. The lowest BCUT2D eigenvalue weighted by atomic mass is 9.98. The largest absolute Gasteiger partial charge is 0.448 e. The molecule has 0 spiro atoms. The molecule has 0 bridgehead atoms. The van der Waals surface area contributed by atoms with Gasteiger partial charge < -0.3 is 10.1 Å². The highest BCUT2D eigenvalue weighted by Gasteiger charge is 2.30. The van der Waals surface area contributed by atoms with E-state index in [-0.39, 0.29) is 5.91 Å². The van der Waals surface area contributed by atoms with Crippen LogP contribution in [0.4, 0.5) is 0 Å². The van der Waals surface area contributed by atoms with E-state index in [1.54, 1.807) is 23.0 Å². The fourth-order valence-corrected chi connectivity index (χ4v) is 2.95. The van der Waals surface area contributed by atoms with Crippen molar-refractivity contribution in [1.82, 2.24) is 15.1 Å². The van der Waals surface area contributed by atoms with Crippen LogP contribution in [0.25, 0.3) is 5.69 Å². The molecular weight excluding hydrogens is 330 g/mol. The van der Waals surface area contributed by atoms with E-state index in [4.69, 9.17) is 4.74 Å². The minimum atomic E-state index is -0.804. The van der Waals surface area contributed by atoms with Crippen LogP contribution in [0, 0.1) is 0 Å². The highest BCUT2D eigenvalue weighted by Crippen LogP contribution is 2.20. The molecule has 0 unspecified atom stereocenters. The molecule has 1 aliphatic heterocycles. The molecule has 6 heteroatoms. The number of fused-ring (bicyclic) bond motifs is 1. The SMILES string of the molecule is O=C1O[C@H](C(=O)NCc2cnn(-c3ccccc3)c2)Cc2ccccc21. The topological polar surface area (TPSA) is 73.2 Å². The predicted molar refractivity (Wildman–Crippen MR) is 94.8 cm³/mol. The van der Waals surface area contributed by atoms with Crippen molar-refractivity contribution in [3.63, 3.8) is 0 Å². The lowest BCUT2D eigenvalue weighted by Crippen LogP contribution is -2.41. The molecule has 2 aromatic carbocycles. The molecule has 26 heavy (non-hydrogen) atoms. The lowest BCUT2D eigenvalue weighted by Gasteiger charge is -2.23. The van der Waals surface area contributed by atoms with Crippen molar-refractivity contribution in [2.45, 2.75) is 19.1 Å². The van der Waals surface area contributed by atoms with E-state index in [0.29, 0.717) is 18.5 Å². The average Bonchev–Trinajstić information content (AvgIpc) is 3.16. The summed E-state index contributed by atoms with van der Waals surface area (Å²) in [5.74, 6) is -0.760. The summed E-state index contributed by atoms with van der Waals surface area (Å²) in [4.78, 5) is 24.4. The van der Waals surface area contributed by atoms with Crippen molar-refractivity contribution in [2.24, 2.45) is 0 Å². The average molecular weight is 347 g/mol. The summed E-state index contributed by atoms with van der Waals surface area (Å²) < 4.78 is 7.01. The third kappa shape index (κ3) is 3.21. The number of amides is 1. The quantitative estimate of drug-likeness (QED) is 0.735. The van der Waals surface area contributed by atoms with Gasteiger partial charge in [-0.15, -0.1) is 0 Å². The second-order valence-electron chi connectivity index (χ2n) is 6.10. The fourth-order valence-electron chi connectivity index (χ4n) is 2.95. The normalized spacial score (nSPS) is 15.8. The van der Waals surface area contributed by atoms with Crippen LogP contribution in [-0.4, -0.2) is 27.8 Å². The highest BCUT2D eigenvalue weighted by atomic mass is 16.5. The second kappa shape index (κ2) is 6.84. The number of cyclic esters (lactones) is 1. The van der Waals surface area contributed by atoms with Gasteiger partial charge in [0, 0.05) is 24.7 Å². The number of aromatic nitrogens is 2. The fraction of sp³-hybridized carbons (Fsp3) is 0.150. The number of benzene rings is 2. The first-order valence-electron chi connectivity index (χ1n) is 8.36. The van der Waals surface area contributed by atoms with E-state index in [1.807, 2.05) is 48.7 Å². The van der Waals surface area contributed by atoms with Crippen molar-refractivity contribution in [1.29, 1.82) is 0 Å². The van der Waals surface area contributed by atoms with E-state index in [0.717, 1.165) is 16.8 Å². The monoisotopic (exact) mass is 347 g/mol. The first kappa shape index (κ1) is 16.1. The third-order valence-corrected chi connectivity index (χ3v) is 4.31. The van der Waals surface area contributed by atoms with Gasteiger partial charge in [0.2, 0.25) is 0 Å². The van der Waals surface area contributed by atoms with Crippen molar-refractivity contribution < 1.29 is 14.3 Å². The number of para-hydroxylation sites is 1. The standard InChI is InChI=1S/C20H17N3O3/c24-19(18-10-15-6-4-5-9-17(15)20(25)26-18)21-11-14-12-22-23(13-14)16-7-2-1-3-8-16/h1-9,12-13,18H,10-11H2,(H,21,24)/t18-/m0/s1. The van der Waals surface area contributed by atoms with Gasteiger partial charge in [-0.1, -0.05) is 36.4 Å². The van der Waals surface area contributed by atoms with Gasteiger partial charge in [-0.05, 0) is 23.8 Å². The molecule has 1 amide bonds.